The van der Waals surface area contributed by atoms with Crippen LogP contribution in [0.1, 0.15) is 90.6 Å². The summed E-state index contributed by atoms with van der Waals surface area (Å²) in [5, 5.41) is 8.19. The second-order valence-electron chi connectivity index (χ2n) is 18.5. The summed E-state index contributed by atoms with van der Waals surface area (Å²) in [6.07, 6.45) is 3.27. The summed E-state index contributed by atoms with van der Waals surface area (Å²) in [5.41, 5.74) is 9.36. The molecule has 4 aromatic rings. The maximum absolute atomic E-state index is 14.6. The SMILES string of the molecule is CCn1c(-c2cccnc2[C@H](C)OC)c2c3cc(ccc31)-c1csc(n1)C[C@H](NC(=O)[C@H](C(C)C)N(C)C(=O)N1[C@H](C)COC[C@H]1C)C(=O)N1CCC[C@H](N1)C(=O)OCC(C)(C)C2. The van der Waals surface area contributed by atoms with E-state index in [-0.39, 0.29) is 43.2 Å². The van der Waals surface area contributed by atoms with Crippen LogP contribution < -0.4 is 10.7 Å². The van der Waals surface area contributed by atoms with Crippen LogP contribution in [0, 0.1) is 11.3 Å². The lowest BCUT2D eigenvalue weighted by molar-refractivity contribution is -0.155. The number of rotatable bonds is 8. The number of cyclic esters (lactones) is 1. The highest BCUT2D eigenvalue weighted by molar-refractivity contribution is 7.10. The van der Waals surface area contributed by atoms with Gasteiger partial charge in [-0.05, 0) is 82.7 Å². The van der Waals surface area contributed by atoms with Gasteiger partial charge in [0.05, 0.1) is 60.1 Å². The molecule has 0 radical (unpaired) electrons. The minimum Gasteiger partial charge on any atom is -0.464 e. The van der Waals surface area contributed by atoms with Gasteiger partial charge in [0.25, 0.3) is 5.91 Å². The Kier molecular flexibility index (Phi) is 13.9. The third kappa shape index (κ3) is 9.50. The molecular weight excluding hydrogens is 821 g/mol. The van der Waals surface area contributed by atoms with Crippen molar-refractivity contribution in [3.05, 3.63) is 58.2 Å². The average molecular weight is 885 g/mol. The van der Waals surface area contributed by atoms with Gasteiger partial charge in [-0.2, -0.15) is 0 Å². The van der Waals surface area contributed by atoms with E-state index in [1.807, 2.05) is 46.1 Å². The number of carbonyl (C=O) groups is 4. The van der Waals surface area contributed by atoms with Crippen molar-refractivity contribution in [1.29, 1.82) is 0 Å². The molecule has 0 saturated carbocycles. The number of amides is 4. The number of benzene rings is 1. The van der Waals surface area contributed by atoms with Gasteiger partial charge in [0, 0.05) is 72.7 Å². The molecule has 16 heteroatoms. The number of methoxy groups -OCH3 is 1. The topological polar surface area (TPSA) is 160 Å². The molecule has 0 aliphatic carbocycles. The maximum atomic E-state index is 14.6. The van der Waals surface area contributed by atoms with E-state index in [1.54, 1.807) is 25.3 Å². The van der Waals surface area contributed by atoms with Crippen molar-refractivity contribution in [2.24, 2.45) is 11.3 Å². The Labute approximate surface area is 374 Å². The number of thiazole rings is 1. The van der Waals surface area contributed by atoms with Crippen molar-refractivity contribution in [2.75, 3.05) is 40.5 Å². The predicted octanol–water partition coefficient (Wildman–Crippen LogP) is 6.39. The molecular formula is C47H64N8O7S. The second-order valence-corrected chi connectivity index (χ2v) is 19.4. The Morgan fingerprint density at radius 3 is 2.57 bits per heavy atom. The van der Waals surface area contributed by atoms with Gasteiger partial charge >= 0.3 is 12.0 Å². The summed E-state index contributed by atoms with van der Waals surface area (Å²) in [7, 11) is 3.33. The van der Waals surface area contributed by atoms with Gasteiger partial charge in [-0.1, -0.05) is 33.8 Å². The van der Waals surface area contributed by atoms with Crippen LogP contribution in [-0.4, -0.2) is 124 Å². The van der Waals surface area contributed by atoms with Crippen molar-refractivity contribution in [3.63, 3.8) is 0 Å². The number of nitrogens with zero attached hydrogens (tertiary/aromatic N) is 6. The summed E-state index contributed by atoms with van der Waals surface area (Å²) in [5.74, 6) is -1.57. The van der Waals surface area contributed by atoms with Crippen LogP contribution in [0.5, 0.6) is 0 Å². The smallest absolute Gasteiger partial charge is 0.324 e. The fourth-order valence-corrected chi connectivity index (χ4v) is 10.3. The molecule has 2 fully saturated rings. The Morgan fingerprint density at radius 1 is 1.13 bits per heavy atom. The number of pyridine rings is 1. The lowest BCUT2D eigenvalue weighted by Gasteiger charge is -2.43. The number of ether oxygens (including phenoxy) is 3. The van der Waals surface area contributed by atoms with Crippen molar-refractivity contribution in [1.82, 2.24) is 40.1 Å². The minimum atomic E-state index is -1.05. The third-order valence-corrected chi connectivity index (χ3v) is 13.5. The summed E-state index contributed by atoms with van der Waals surface area (Å²) < 4.78 is 19.9. The van der Waals surface area contributed by atoms with Gasteiger partial charge in [0.2, 0.25) is 5.91 Å². The zero-order chi connectivity index (χ0) is 45.3. The number of urea groups is 1. The molecule has 0 spiro atoms. The number of likely N-dealkylation sites (N-methyl/N-ethyl adjacent to an activating group) is 1. The average Bonchev–Trinajstić information content (AvgIpc) is 3.85. The molecule has 0 unspecified atom stereocenters. The number of hydrogen-bond donors (Lipinski definition) is 2. The molecule has 6 heterocycles. The van der Waals surface area contributed by atoms with Gasteiger partial charge in [-0.15, -0.1) is 11.3 Å². The Hall–Kier alpha value is -4.90. The molecule has 3 aromatic heterocycles. The quantitative estimate of drug-likeness (QED) is 0.190. The normalized spacial score (nSPS) is 23.0. The molecule has 63 heavy (non-hydrogen) atoms. The second kappa shape index (κ2) is 19.1. The first-order valence-corrected chi connectivity index (χ1v) is 23.2. The first-order chi connectivity index (χ1) is 30.0. The van der Waals surface area contributed by atoms with Crippen LogP contribution in [0.25, 0.3) is 33.4 Å². The number of aryl methyl sites for hydroxylation is 1. The highest BCUT2D eigenvalue weighted by atomic mass is 32.1. The van der Waals surface area contributed by atoms with E-state index in [2.05, 4.69) is 60.3 Å². The first-order valence-electron chi connectivity index (χ1n) is 22.3. The van der Waals surface area contributed by atoms with Crippen LogP contribution >= 0.6 is 11.3 Å². The van der Waals surface area contributed by atoms with E-state index in [1.165, 1.54) is 21.2 Å². The Bertz CT molecular complexity index is 2310. The molecule has 6 atom stereocenters. The van der Waals surface area contributed by atoms with E-state index in [9.17, 15) is 19.2 Å². The fourth-order valence-electron chi connectivity index (χ4n) is 9.43. The molecule has 2 N–H and O–H groups in total. The molecule has 4 amide bonds. The minimum absolute atomic E-state index is 0.0993. The molecule has 6 bridgehead atoms. The van der Waals surface area contributed by atoms with Crippen LogP contribution in [0.4, 0.5) is 4.79 Å². The summed E-state index contributed by atoms with van der Waals surface area (Å²) in [4.78, 5) is 70.1. The van der Waals surface area contributed by atoms with Gasteiger partial charge in [0.1, 0.15) is 18.1 Å². The zero-order valence-corrected chi connectivity index (χ0v) is 39.2. The summed E-state index contributed by atoms with van der Waals surface area (Å²) in [6, 6.07) is 7.13. The van der Waals surface area contributed by atoms with Gasteiger partial charge in [-0.25, -0.2) is 15.2 Å². The Balaban J connectivity index is 1.29. The summed E-state index contributed by atoms with van der Waals surface area (Å²) in [6.45, 7) is 18.0. The number of carbonyl (C=O) groups excluding carboxylic acids is 4. The number of hydrazine groups is 1. The van der Waals surface area contributed by atoms with E-state index in [0.29, 0.717) is 50.6 Å². The van der Waals surface area contributed by atoms with Gasteiger partial charge < -0.3 is 33.9 Å². The fraction of sp³-hybridized carbons (Fsp3) is 0.574. The summed E-state index contributed by atoms with van der Waals surface area (Å²) >= 11 is 1.42. The highest BCUT2D eigenvalue weighted by Gasteiger charge is 2.40. The van der Waals surface area contributed by atoms with Gasteiger partial charge in [0.15, 0.2) is 0 Å². The van der Waals surface area contributed by atoms with E-state index < -0.39 is 41.3 Å². The lowest BCUT2D eigenvalue weighted by atomic mass is 9.84. The van der Waals surface area contributed by atoms with Crippen LogP contribution in [-0.2, 0) is 48.0 Å². The van der Waals surface area contributed by atoms with Crippen molar-refractivity contribution < 1.29 is 33.4 Å². The van der Waals surface area contributed by atoms with Crippen molar-refractivity contribution in [2.45, 2.75) is 124 Å². The van der Waals surface area contributed by atoms with Gasteiger partial charge in [-0.3, -0.25) is 24.4 Å². The zero-order valence-electron chi connectivity index (χ0n) is 38.4. The molecule has 3 aliphatic heterocycles. The number of nitrogens with one attached hydrogen (secondary N) is 2. The van der Waals surface area contributed by atoms with E-state index in [0.717, 1.165) is 44.7 Å². The molecule has 7 rings (SSSR count). The molecule has 3 aliphatic rings. The van der Waals surface area contributed by atoms with Crippen molar-refractivity contribution >= 4 is 46.1 Å². The Morgan fingerprint density at radius 2 is 1.87 bits per heavy atom. The standard InChI is InChI=1S/C47H64N8O7S/c1-11-53-38-17-16-31-20-33(38)34(42(53)32-14-12-18-48-40(32)30(6)60-10)22-47(7,8)26-62-45(58)35-15-13-19-54(51-35)44(57)36(21-39-49-37(31)25-63-39)50-43(56)41(27(2)3)52(9)46(59)55-28(4)23-61-24-29(55)5/h12,14,16-18,20,25,27-30,35-36,41,51H,11,13,15,19,21-24,26H2,1-10H3,(H,50,56)/t28-,29-,30+,35+,36+,41+/m1/s1. The van der Waals surface area contributed by atoms with E-state index >= 15 is 0 Å². The van der Waals surface area contributed by atoms with Crippen LogP contribution in [0.2, 0.25) is 0 Å². The van der Waals surface area contributed by atoms with Crippen LogP contribution in [0.3, 0.4) is 0 Å². The first kappa shape index (κ1) is 46.1. The van der Waals surface area contributed by atoms with Crippen molar-refractivity contribution in [3.8, 4) is 22.5 Å². The number of aromatic nitrogens is 3. The molecule has 2 saturated heterocycles. The van der Waals surface area contributed by atoms with E-state index in [4.69, 9.17) is 24.2 Å². The number of morpholine rings is 1. The maximum Gasteiger partial charge on any atom is 0.324 e. The largest absolute Gasteiger partial charge is 0.464 e. The highest BCUT2D eigenvalue weighted by Crippen LogP contribution is 2.42. The molecule has 340 valence electrons. The van der Waals surface area contributed by atoms with Crippen LogP contribution in [0.15, 0.2) is 41.9 Å². The molecule has 1 aromatic carbocycles. The third-order valence-electron chi connectivity index (χ3n) is 12.7. The number of hydrogen-bond acceptors (Lipinski definition) is 11. The monoisotopic (exact) mass is 884 g/mol. The predicted molar refractivity (Wildman–Crippen MR) is 243 cm³/mol. The number of fused-ring (bicyclic) bond motifs is 6. The lowest BCUT2D eigenvalue weighted by Crippen LogP contribution is -2.63. The number of esters is 1. The molecule has 15 nitrogen and oxygen atoms in total.